The number of piperidine rings is 1. The zero-order chi connectivity index (χ0) is 15.7. The van der Waals surface area contributed by atoms with Gasteiger partial charge < -0.3 is 5.32 Å². The van der Waals surface area contributed by atoms with Crippen LogP contribution < -0.4 is 5.32 Å². The Morgan fingerprint density at radius 3 is 3.00 bits per heavy atom. The normalized spacial score (nSPS) is 21.2. The van der Waals surface area contributed by atoms with Crippen molar-refractivity contribution < 1.29 is 0 Å². The van der Waals surface area contributed by atoms with Crippen molar-refractivity contribution in [2.24, 2.45) is 5.92 Å². The molecule has 2 aromatic rings. The first-order chi connectivity index (χ1) is 10.6. The van der Waals surface area contributed by atoms with Crippen molar-refractivity contribution in [3.8, 4) is 0 Å². The topological polar surface area (TPSA) is 41.1 Å². The zero-order valence-electron chi connectivity index (χ0n) is 14.0. The minimum atomic E-state index is 0.535. The SMILES string of the molecule is Cc1sc2ncnc(NC[C@@H](C)N3CCC[C@H](C)C3)c2c1C. The number of aromatic nitrogens is 2. The second-order valence-corrected chi connectivity index (χ2v) is 7.86. The third-order valence-electron chi connectivity index (χ3n) is 4.84. The number of nitrogens with one attached hydrogen (secondary N) is 1. The maximum atomic E-state index is 4.48. The van der Waals surface area contributed by atoms with Crippen LogP contribution in [0.15, 0.2) is 6.33 Å². The molecule has 1 aliphatic rings. The van der Waals surface area contributed by atoms with Gasteiger partial charge >= 0.3 is 0 Å². The first kappa shape index (κ1) is 15.7. The Labute approximate surface area is 137 Å². The summed E-state index contributed by atoms with van der Waals surface area (Å²) in [5.41, 5.74) is 1.31. The summed E-state index contributed by atoms with van der Waals surface area (Å²) < 4.78 is 0. The predicted molar refractivity (Wildman–Crippen MR) is 94.8 cm³/mol. The van der Waals surface area contributed by atoms with Crippen LogP contribution in [0.3, 0.4) is 0 Å². The molecule has 1 saturated heterocycles. The van der Waals surface area contributed by atoms with Crippen molar-refractivity contribution in [3.63, 3.8) is 0 Å². The molecular formula is C17H26N4S. The lowest BCUT2D eigenvalue weighted by atomic mass is 9.99. The Morgan fingerprint density at radius 2 is 2.23 bits per heavy atom. The van der Waals surface area contributed by atoms with Gasteiger partial charge in [0.2, 0.25) is 0 Å². The van der Waals surface area contributed by atoms with E-state index in [2.05, 4.69) is 47.9 Å². The van der Waals surface area contributed by atoms with Crippen molar-refractivity contribution >= 4 is 27.4 Å². The fraction of sp³-hybridized carbons (Fsp3) is 0.647. The molecule has 3 heterocycles. The van der Waals surface area contributed by atoms with Gasteiger partial charge in [-0.3, -0.25) is 4.90 Å². The number of hydrogen-bond donors (Lipinski definition) is 1. The lowest BCUT2D eigenvalue weighted by Gasteiger charge is -2.35. The molecule has 1 fully saturated rings. The standard InChI is InChI=1S/C17H26N4S/c1-11-6-5-7-21(9-11)12(2)8-18-16-15-13(3)14(4)22-17(15)20-10-19-16/h10-12H,5-9H2,1-4H3,(H,18,19,20)/t11-,12+/m0/s1. The van der Waals surface area contributed by atoms with E-state index in [0.29, 0.717) is 6.04 Å². The van der Waals surface area contributed by atoms with Crippen molar-refractivity contribution in [1.82, 2.24) is 14.9 Å². The summed E-state index contributed by atoms with van der Waals surface area (Å²) in [7, 11) is 0. The number of anilines is 1. The molecule has 0 bridgehead atoms. The zero-order valence-corrected chi connectivity index (χ0v) is 14.8. The van der Waals surface area contributed by atoms with Crippen molar-refractivity contribution in [1.29, 1.82) is 0 Å². The number of likely N-dealkylation sites (tertiary alicyclic amines) is 1. The van der Waals surface area contributed by atoms with E-state index in [1.54, 1.807) is 17.7 Å². The van der Waals surface area contributed by atoms with Crippen molar-refractivity contribution in [3.05, 3.63) is 16.8 Å². The minimum Gasteiger partial charge on any atom is -0.368 e. The van der Waals surface area contributed by atoms with Crippen LogP contribution in [-0.4, -0.2) is 40.5 Å². The first-order valence-electron chi connectivity index (χ1n) is 8.25. The van der Waals surface area contributed by atoms with E-state index in [1.807, 2.05) is 0 Å². The molecule has 1 N–H and O–H groups in total. The highest BCUT2D eigenvalue weighted by atomic mass is 32.1. The van der Waals surface area contributed by atoms with Crippen LogP contribution in [-0.2, 0) is 0 Å². The van der Waals surface area contributed by atoms with Gasteiger partial charge in [0, 0.05) is 24.0 Å². The maximum Gasteiger partial charge on any atom is 0.138 e. The predicted octanol–water partition coefficient (Wildman–Crippen LogP) is 3.84. The van der Waals surface area contributed by atoms with Gasteiger partial charge in [0.25, 0.3) is 0 Å². The van der Waals surface area contributed by atoms with Crippen LogP contribution in [0.25, 0.3) is 10.2 Å². The third-order valence-corrected chi connectivity index (χ3v) is 5.96. The highest BCUT2D eigenvalue weighted by Gasteiger charge is 2.21. The fourth-order valence-corrected chi connectivity index (χ4v) is 4.31. The van der Waals surface area contributed by atoms with Gasteiger partial charge in [-0.25, -0.2) is 9.97 Å². The summed E-state index contributed by atoms with van der Waals surface area (Å²) in [6.07, 6.45) is 4.37. The third kappa shape index (κ3) is 3.10. The molecule has 0 aliphatic carbocycles. The summed E-state index contributed by atoms with van der Waals surface area (Å²) in [5.74, 6) is 1.81. The lowest BCUT2D eigenvalue weighted by molar-refractivity contribution is 0.144. The van der Waals surface area contributed by atoms with E-state index in [9.17, 15) is 0 Å². The van der Waals surface area contributed by atoms with E-state index in [0.717, 1.165) is 23.1 Å². The second kappa shape index (κ2) is 6.50. The molecule has 3 rings (SSSR count). The molecule has 0 spiro atoms. The minimum absolute atomic E-state index is 0.535. The number of hydrogen-bond acceptors (Lipinski definition) is 5. The molecule has 0 radical (unpaired) electrons. The molecule has 0 saturated carbocycles. The van der Waals surface area contributed by atoms with E-state index in [-0.39, 0.29) is 0 Å². The van der Waals surface area contributed by atoms with Crippen LogP contribution >= 0.6 is 11.3 Å². The largest absolute Gasteiger partial charge is 0.368 e. The second-order valence-electron chi connectivity index (χ2n) is 6.66. The summed E-state index contributed by atoms with van der Waals surface area (Å²) in [4.78, 5) is 13.9. The Morgan fingerprint density at radius 1 is 1.41 bits per heavy atom. The average molecular weight is 318 g/mol. The summed E-state index contributed by atoms with van der Waals surface area (Å²) in [6.45, 7) is 12.4. The van der Waals surface area contributed by atoms with Gasteiger partial charge in [-0.1, -0.05) is 6.92 Å². The Kier molecular flexibility index (Phi) is 4.64. The van der Waals surface area contributed by atoms with Gasteiger partial charge in [0.05, 0.1) is 5.39 Å². The van der Waals surface area contributed by atoms with Gasteiger partial charge in [0.15, 0.2) is 0 Å². The average Bonchev–Trinajstić information content (AvgIpc) is 2.80. The van der Waals surface area contributed by atoms with Gasteiger partial charge in [0.1, 0.15) is 17.0 Å². The number of nitrogens with zero attached hydrogens (tertiary/aromatic N) is 3. The Hall–Kier alpha value is -1.20. The molecule has 0 aromatic carbocycles. The number of thiophene rings is 1. The summed E-state index contributed by atoms with van der Waals surface area (Å²) in [5, 5.41) is 4.77. The lowest BCUT2D eigenvalue weighted by Crippen LogP contribution is -2.43. The molecule has 2 aromatic heterocycles. The fourth-order valence-electron chi connectivity index (χ4n) is 3.32. The van der Waals surface area contributed by atoms with Gasteiger partial charge in [-0.2, -0.15) is 0 Å². The number of fused-ring (bicyclic) bond motifs is 1. The molecule has 1 aliphatic heterocycles. The number of aryl methyl sites for hydroxylation is 2. The molecule has 2 atom stereocenters. The van der Waals surface area contributed by atoms with E-state index < -0.39 is 0 Å². The quantitative estimate of drug-likeness (QED) is 0.930. The van der Waals surface area contributed by atoms with E-state index >= 15 is 0 Å². The smallest absolute Gasteiger partial charge is 0.138 e. The molecule has 5 heteroatoms. The summed E-state index contributed by atoms with van der Waals surface area (Å²) >= 11 is 1.75. The van der Waals surface area contributed by atoms with Crippen LogP contribution in [0.2, 0.25) is 0 Å². The molecule has 4 nitrogen and oxygen atoms in total. The molecule has 120 valence electrons. The van der Waals surface area contributed by atoms with Crippen LogP contribution in [0, 0.1) is 19.8 Å². The molecule has 0 amide bonds. The molecule has 22 heavy (non-hydrogen) atoms. The van der Waals surface area contributed by atoms with E-state index in [4.69, 9.17) is 0 Å². The maximum absolute atomic E-state index is 4.48. The van der Waals surface area contributed by atoms with E-state index in [1.165, 1.54) is 41.8 Å². The Balaban J connectivity index is 1.71. The van der Waals surface area contributed by atoms with Crippen molar-refractivity contribution in [2.45, 2.75) is 46.6 Å². The Bertz CT molecular complexity index is 651. The van der Waals surface area contributed by atoms with Gasteiger partial charge in [-0.15, -0.1) is 11.3 Å². The van der Waals surface area contributed by atoms with Gasteiger partial charge in [-0.05, 0) is 51.6 Å². The van der Waals surface area contributed by atoms with Crippen LogP contribution in [0.1, 0.15) is 37.1 Å². The summed E-state index contributed by atoms with van der Waals surface area (Å²) in [6, 6.07) is 0.535. The monoisotopic (exact) mass is 318 g/mol. The first-order valence-corrected chi connectivity index (χ1v) is 9.06. The molecule has 0 unspecified atom stereocenters. The highest BCUT2D eigenvalue weighted by molar-refractivity contribution is 7.18. The molecular weight excluding hydrogens is 292 g/mol. The van der Waals surface area contributed by atoms with Crippen LogP contribution in [0.5, 0.6) is 0 Å². The van der Waals surface area contributed by atoms with Crippen molar-refractivity contribution in [2.75, 3.05) is 25.0 Å². The number of rotatable bonds is 4. The van der Waals surface area contributed by atoms with Crippen LogP contribution in [0.4, 0.5) is 5.82 Å². The highest BCUT2D eigenvalue weighted by Crippen LogP contribution is 2.32.